The van der Waals surface area contributed by atoms with Gasteiger partial charge in [-0.2, -0.15) is 0 Å². The van der Waals surface area contributed by atoms with E-state index in [9.17, 15) is 4.79 Å². The van der Waals surface area contributed by atoms with Gasteiger partial charge in [0.05, 0.1) is 6.54 Å². The minimum absolute atomic E-state index is 0.125. The zero-order valence-corrected chi connectivity index (χ0v) is 10.7. The zero-order chi connectivity index (χ0) is 12.1. The fourth-order valence-electron chi connectivity index (χ4n) is 2.32. The normalized spacial score (nSPS) is 23.4. The first-order valence-corrected chi connectivity index (χ1v) is 6.84. The Bertz CT molecular complexity index is 248. The summed E-state index contributed by atoms with van der Waals surface area (Å²) in [5.74, 6) is 1.04. The van der Waals surface area contributed by atoms with E-state index >= 15 is 0 Å². The standard InChI is InChI=1S/C13H24N2O2/c1-10(8-11-2-3-11)14-9-13(16)15-12-4-6-17-7-5-12/h10-12,14H,2-9H2,1H3,(H,15,16). The number of hydrogen-bond acceptors (Lipinski definition) is 3. The maximum absolute atomic E-state index is 11.7. The van der Waals surface area contributed by atoms with Crippen molar-refractivity contribution in [1.29, 1.82) is 0 Å². The van der Waals surface area contributed by atoms with Crippen molar-refractivity contribution in [3.63, 3.8) is 0 Å². The molecule has 1 aliphatic carbocycles. The van der Waals surface area contributed by atoms with E-state index in [0.29, 0.717) is 18.6 Å². The van der Waals surface area contributed by atoms with Gasteiger partial charge in [0.25, 0.3) is 0 Å². The molecule has 2 N–H and O–H groups in total. The van der Waals surface area contributed by atoms with Crippen molar-refractivity contribution in [2.45, 2.75) is 51.1 Å². The van der Waals surface area contributed by atoms with Crippen LogP contribution in [-0.4, -0.2) is 37.7 Å². The van der Waals surface area contributed by atoms with E-state index in [1.807, 2.05) is 0 Å². The van der Waals surface area contributed by atoms with Crippen LogP contribution in [-0.2, 0) is 9.53 Å². The molecule has 4 heteroatoms. The van der Waals surface area contributed by atoms with Gasteiger partial charge < -0.3 is 15.4 Å². The molecular weight excluding hydrogens is 216 g/mol. The maximum Gasteiger partial charge on any atom is 0.234 e. The van der Waals surface area contributed by atoms with E-state index in [1.54, 1.807) is 0 Å². The Balaban J connectivity index is 1.55. The van der Waals surface area contributed by atoms with E-state index < -0.39 is 0 Å². The highest BCUT2D eigenvalue weighted by molar-refractivity contribution is 5.78. The number of carbonyl (C=O) groups excluding carboxylic acids is 1. The van der Waals surface area contributed by atoms with Gasteiger partial charge in [-0.05, 0) is 32.1 Å². The third kappa shape index (κ3) is 5.04. The fraction of sp³-hybridized carbons (Fsp3) is 0.923. The monoisotopic (exact) mass is 240 g/mol. The number of ether oxygens (including phenoxy) is 1. The summed E-state index contributed by atoms with van der Waals surface area (Å²) >= 11 is 0. The van der Waals surface area contributed by atoms with Crippen LogP contribution in [0.15, 0.2) is 0 Å². The Labute approximate surface area is 103 Å². The highest BCUT2D eigenvalue weighted by atomic mass is 16.5. The Morgan fingerprint density at radius 1 is 1.29 bits per heavy atom. The van der Waals surface area contributed by atoms with Gasteiger partial charge in [0.1, 0.15) is 0 Å². The molecule has 1 aliphatic heterocycles. The number of hydrogen-bond donors (Lipinski definition) is 2. The SMILES string of the molecule is CC(CC1CC1)NCC(=O)NC1CCOCC1. The predicted octanol–water partition coefficient (Wildman–Crippen LogP) is 1.06. The van der Waals surface area contributed by atoms with Crippen molar-refractivity contribution in [3.8, 4) is 0 Å². The van der Waals surface area contributed by atoms with Crippen LogP contribution in [0.3, 0.4) is 0 Å². The Hall–Kier alpha value is -0.610. The van der Waals surface area contributed by atoms with Crippen LogP contribution in [0.5, 0.6) is 0 Å². The second kappa shape index (κ2) is 6.36. The maximum atomic E-state index is 11.7. The molecule has 1 amide bonds. The number of rotatable bonds is 6. The highest BCUT2D eigenvalue weighted by Gasteiger charge is 2.23. The van der Waals surface area contributed by atoms with Crippen molar-refractivity contribution in [2.24, 2.45) is 5.92 Å². The van der Waals surface area contributed by atoms with Crippen molar-refractivity contribution in [1.82, 2.24) is 10.6 Å². The molecule has 2 fully saturated rings. The molecule has 1 heterocycles. The Kier molecular flexibility index (Phi) is 4.80. The average Bonchev–Trinajstić information content (AvgIpc) is 3.12. The van der Waals surface area contributed by atoms with Crippen LogP contribution in [0.4, 0.5) is 0 Å². The molecule has 2 rings (SSSR count). The number of amides is 1. The van der Waals surface area contributed by atoms with Crippen LogP contribution >= 0.6 is 0 Å². The molecule has 1 saturated heterocycles. The third-order valence-corrected chi connectivity index (χ3v) is 3.58. The summed E-state index contributed by atoms with van der Waals surface area (Å²) in [7, 11) is 0. The van der Waals surface area contributed by atoms with E-state index in [0.717, 1.165) is 32.0 Å². The molecule has 2 aliphatic rings. The third-order valence-electron chi connectivity index (χ3n) is 3.58. The van der Waals surface area contributed by atoms with Gasteiger partial charge in [-0.3, -0.25) is 4.79 Å². The molecular formula is C13H24N2O2. The van der Waals surface area contributed by atoms with Gasteiger partial charge in [-0.25, -0.2) is 0 Å². The van der Waals surface area contributed by atoms with Crippen molar-refractivity contribution in [2.75, 3.05) is 19.8 Å². The Morgan fingerprint density at radius 2 is 2.00 bits per heavy atom. The topological polar surface area (TPSA) is 50.4 Å². The molecule has 0 aromatic heterocycles. The van der Waals surface area contributed by atoms with Gasteiger partial charge in [-0.15, -0.1) is 0 Å². The van der Waals surface area contributed by atoms with Crippen LogP contribution in [0.2, 0.25) is 0 Å². The van der Waals surface area contributed by atoms with Gasteiger partial charge in [-0.1, -0.05) is 12.8 Å². The highest BCUT2D eigenvalue weighted by Crippen LogP contribution is 2.33. The van der Waals surface area contributed by atoms with E-state index in [1.165, 1.54) is 19.3 Å². The second-order valence-electron chi connectivity index (χ2n) is 5.42. The van der Waals surface area contributed by atoms with Gasteiger partial charge >= 0.3 is 0 Å². The quantitative estimate of drug-likeness (QED) is 0.730. The Morgan fingerprint density at radius 3 is 2.65 bits per heavy atom. The first kappa shape index (κ1) is 12.8. The van der Waals surface area contributed by atoms with Crippen LogP contribution in [0.1, 0.15) is 39.0 Å². The minimum atomic E-state index is 0.125. The largest absolute Gasteiger partial charge is 0.381 e. The molecule has 1 unspecified atom stereocenters. The molecule has 0 radical (unpaired) electrons. The average molecular weight is 240 g/mol. The van der Waals surface area contributed by atoms with Crippen molar-refractivity contribution in [3.05, 3.63) is 0 Å². The molecule has 1 saturated carbocycles. The molecule has 0 aromatic rings. The van der Waals surface area contributed by atoms with E-state index in [4.69, 9.17) is 4.74 Å². The van der Waals surface area contributed by atoms with Crippen LogP contribution in [0, 0.1) is 5.92 Å². The van der Waals surface area contributed by atoms with Gasteiger partial charge in [0, 0.05) is 25.3 Å². The first-order valence-electron chi connectivity index (χ1n) is 6.84. The summed E-state index contributed by atoms with van der Waals surface area (Å²) in [5, 5.41) is 6.36. The summed E-state index contributed by atoms with van der Waals surface area (Å²) < 4.78 is 5.26. The lowest BCUT2D eigenvalue weighted by molar-refractivity contribution is -0.121. The smallest absolute Gasteiger partial charge is 0.234 e. The molecule has 0 bridgehead atoms. The lowest BCUT2D eigenvalue weighted by Gasteiger charge is -2.23. The zero-order valence-electron chi connectivity index (χ0n) is 10.7. The number of nitrogens with one attached hydrogen (secondary N) is 2. The molecule has 4 nitrogen and oxygen atoms in total. The molecule has 0 aromatic carbocycles. The summed E-state index contributed by atoms with van der Waals surface area (Å²) in [6.45, 7) is 4.16. The van der Waals surface area contributed by atoms with E-state index in [2.05, 4.69) is 17.6 Å². The van der Waals surface area contributed by atoms with Gasteiger partial charge in [0.15, 0.2) is 0 Å². The van der Waals surface area contributed by atoms with Crippen molar-refractivity contribution >= 4 is 5.91 Å². The molecule has 98 valence electrons. The van der Waals surface area contributed by atoms with Crippen LogP contribution < -0.4 is 10.6 Å². The lowest BCUT2D eigenvalue weighted by atomic mass is 10.1. The molecule has 0 spiro atoms. The van der Waals surface area contributed by atoms with Crippen molar-refractivity contribution < 1.29 is 9.53 Å². The molecule has 17 heavy (non-hydrogen) atoms. The second-order valence-corrected chi connectivity index (χ2v) is 5.42. The number of carbonyl (C=O) groups is 1. The first-order chi connectivity index (χ1) is 8.24. The summed E-state index contributed by atoms with van der Waals surface area (Å²) in [6.07, 6.45) is 5.86. The van der Waals surface area contributed by atoms with E-state index in [-0.39, 0.29) is 5.91 Å². The molecule has 1 atom stereocenters. The summed E-state index contributed by atoms with van der Waals surface area (Å²) in [6, 6.07) is 0.778. The fourth-order valence-corrected chi connectivity index (χ4v) is 2.32. The summed E-state index contributed by atoms with van der Waals surface area (Å²) in [4.78, 5) is 11.7. The minimum Gasteiger partial charge on any atom is -0.381 e. The van der Waals surface area contributed by atoms with Gasteiger partial charge in [0.2, 0.25) is 5.91 Å². The lowest BCUT2D eigenvalue weighted by Crippen LogP contribution is -2.44. The summed E-state index contributed by atoms with van der Waals surface area (Å²) in [5.41, 5.74) is 0. The predicted molar refractivity (Wildman–Crippen MR) is 66.8 cm³/mol. The van der Waals surface area contributed by atoms with Crippen LogP contribution in [0.25, 0.3) is 0 Å².